The molecule has 1 aromatic rings. The van der Waals surface area contributed by atoms with Crippen LogP contribution in [0.3, 0.4) is 0 Å². The molecule has 0 spiro atoms. The van der Waals surface area contributed by atoms with Gasteiger partial charge in [0.2, 0.25) is 5.91 Å². The van der Waals surface area contributed by atoms with E-state index in [2.05, 4.69) is 10.2 Å². The molecule has 26 heavy (non-hydrogen) atoms. The Hall–Kier alpha value is -1.99. The van der Waals surface area contributed by atoms with Gasteiger partial charge in [0, 0.05) is 25.2 Å². The minimum Gasteiger partial charge on any atom is -0.492 e. The van der Waals surface area contributed by atoms with Gasteiger partial charge in [0.25, 0.3) is 0 Å². The van der Waals surface area contributed by atoms with Crippen molar-refractivity contribution >= 4 is 23.6 Å². The zero-order valence-electron chi connectivity index (χ0n) is 15.0. The maximum absolute atomic E-state index is 11.4. The number of nitrogens with zero attached hydrogens (tertiary/aromatic N) is 2. The maximum Gasteiger partial charge on any atom is 0.407 e. The largest absolute Gasteiger partial charge is 0.492 e. The molecule has 0 aliphatic carbocycles. The Morgan fingerprint density at radius 2 is 1.96 bits per heavy atom. The van der Waals surface area contributed by atoms with Crippen LogP contribution in [0.15, 0.2) is 24.3 Å². The molecule has 8 heteroatoms. The second-order valence-electron chi connectivity index (χ2n) is 6.42. The first-order valence-corrected chi connectivity index (χ1v) is 9.15. The number of likely N-dealkylation sites (N-methyl/N-ethyl adjacent to an activating group) is 1. The highest BCUT2D eigenvalue weighted by Gasteiger charge is 2.24. The quantitative estimate of drug-likeness (QED) is 0.718. The molecular weight excluding hydrogens is 358 g/mol. The van der Waals surface area contributed by atoms with E-state index in [1.54, 1.807) is 12.1 Å². The van der Waals surface area contributed by atoms with Crippen LogP contribution in [0.5, 0.6) is 5.75 Å². The van der Waals surface area contributed by atoms with E-state index >= 15 is 0 Å². The van der Waals surface area contributed by atoms with E-state index in [4.69, 9.17) is 16.3 Å². The zero-order valence-corrected chi connectivity index (χ0v) is 15.7. The van der Waals surface area contributed by atoms with Crippen molar-refractivity contribution in [1.29, 1.82) is 0 Å². The molecule has 1 saturated heterocycles. The number of hydrogen-bond donors (Lipinski definition) is 2. The van der Waals surface area contributed by atoms with Crippen LogP contribution in [0.2, 0.25) is 5.02 Å². The Morgan fingerprint density at radius 3 is 2.54 bits per heavy atom. The van der Waals surface area contributed by atoms with E-state index in [1.165, 1.54) is 11.9 Å². The third-order valence-electron chi connectivity index (χ3n) is 4.56. The predicted molar refractivity (Wildman–Crippen MR) is 99.8 cm³/mol. The number of nitrogens with one attached hydrogen (secondary N) is 1. The molecule has 1 aliphatic heterocycles. The van der Waals surface area contributed by atoms with Crippen molar-refractivity contribution in [3.05, 3.63) is 29.3 Å². The van der Waals surface area contributed by atoms with E-state index in [0.29, 0.717) is 18.2 Å². The lowest BCUT2D eigenvalue weighted by molar-refractivity contribution is -0.121. The molecule has 0 unspecified atom stereocenters. The van der Waals surface area contributed by atoms with Gasteiger partial charge in [0.1, 0.15) is 18.9 Å². The summed E-state index contributed by atoms with van der Waals surface area (Å²) in [6, 6.07) is 7.30. The number of carbonyl (C=O) groups is 2. The summed E-state index contributed by atoms with van der Waals surface area (Å²) in [5.41, 5.74) is 0. The van der Waals surface area contributed by atoms with E-state index < -0.39 is 6.09 Å². The van der Waals surface area contributed by atoms with Gasteiger partial charge >= 0.3 is 6.09 Å². The lowest BCUT2D eigenvalue weighted by atomic mass is 9.96. The first-order chi connectivity index (χ1) is 12.5. The topological polar surface area (TPSA) is 82.1 Å². The highest BCUT2D eigenvalue weighted by Crippen LogP contribution is 2.19. The SMILES string of the molecule is CNC(=O)CN(CC1CCN(CCOc2ccc(Cl)cc2)CC1)C(=O)O. The summed E-state index contributed by atoms with van der Waals surface area (Å²) in [6.07, 6.45) is 0.782. The van der Waals surface area contributed by atoms with Crippen molar-refractivity contribution in [2.45, 2.75) is 12.8 Å². The first-order valence-electron chi connectivity index (χ1n) is 8.77. The molecule has 2 rings (SSSR count). The number of carboxylic acid groups (broad SMARTS) is 1. The summed E-state index contributed by atoms with van der Waals surface area (Å²) in [7, 11) is 1.51. The van der Waals surface area contributed by atoms with Crippen molar-refractivity contribution in [1.82, 2.24) is 15.1 Å². The Bertz CT molecular complexity index is 589. The number of likely N-dealkylation sites (tertiary alicyclic amines) is 1. The molecule has 1 heterocycles. The van der Waals surface area contributed by atoms with Crippen LogP contribution in [0, 0.1) is 5.92 Å². The normalized spacial score (nSPS) is 15.5. The van der Waals surface area contributed by atoms with Gasteiger partial charge in [-0.05, 0) is 56.1 Å². The van der Waals surface area contributed by atoms with Crippen LogP contribution in [0.25, 0.3) is 0 Å². The van der Waals surface area contributed by atoms with E-state index in [-0.39, 0.29) is 18.4 Å². The summed E-state index contributed by atoms with van der Waals surface area (Å²) in [4.78, 5) is 26.2. The van der Waals surface area contributed by atoms with Gasteiger partial charge in [-0.1, -0.05) is 11.6 Å². The summed E-state index contributed by atoms with van der Waals surface area (Å²) in [5, 5.41) is 12.4. The molecule has 0 saturated carbocycles. The number of amides is 2. The van der Waals surface area contributed by atoms with E-state index in [1.807, 2.05) is 12.1 Å². The number of hydrogen-bond acceptors (Lipinski definition) is 4. The highest BCUT2D eigenvalue weighted by molar-refractivity contribution is 6.30. The van der Waals surface area contributed by atoms with Crippen LogP contribution in [-0.4, -0.2) is 73.3 Å². The van der Waals surface area contributed by atoms with Crippen molar-refractivity contribution < 1.29 is 19.4 Å². The first kappa shape index (κ1) is 20.3. The fourth-order valence-electron chi connectivity index (χ4n) is 2.99. The van der Waals surface area contributed by atoms with Crippen molar-refractivity contribution in [2.75, 3.05) is 46.4 Å². The number of piperidine rings is 1. The molecular formula is C18H26ClN3O4. The summed E-state index contributed by atoms with van der Waals surface area (Å²) >= 11 is 5.85. The number of carbonyl (C=O) groups excluding carboxylic acids is 1. The molecule has 2 N–H and O–H groups in total. The molecule has 7 nitrogen and oxygen atoms in total. The Morgan fingerprint density at radius 1 is 1.31 bits per heavy atom. The standard InChI is InChI=1S/C18H26ClN3O4/c1-20-17(23)13-22(18(24)25)12-14-6-8-21(9-7-14)10-11-26-16-4-2-15(19)3-5-16/h2-5,14H,6-13H2,1H3,(H,20,23)(H,24,25). The number of rotatable bonds is 8. The molecule has 1 aromatic carbocycles. The smallest absolute Gasteiger partial charge is 0.407 e. The van der Waals surface area contributed by atoms with Crippen LogP contribution >= 0.6 is 11.6 Å². The van der Waals surface area contributed by atoms with E-state index in [9.17, 15) is 14.7 Å². The average Bonchev–Trinajstić information content (AvgIpc) is 2.64. The van der Waals surface area contributed by atoms with Gasteiger partial charge in [-0.3, -0.25) is 14.6 Å². The van der Waals surface area contributed by atoms with E-state index in [0.717, 1.165) is 38.2 Å². The second kappa shape index (κ2) is 10.2. The summed E-state index contributed by atoms with van der Waals surface area (Å²) in [5.74, 6) is 0.795. The van der Waals surface area contributed by atoms with Crippen LogP contribution in [0.4, 0.5) is 4.79 Å². The summed E-state index contributed by atoms with van der Waals surface area (Å²) < 4.78 is 5.71. The summed E-state index contributed by atoms with van der Waals surface area (Å²) in [6.45, 7) is 3.53. The van der Waals surface area contributed by atoms with Gasteiger partial charge in [-0.15, -0.1) is 0 Å². The van der Waals surface area contributed by atoms with Gasteiger partial charge in [-0.25, -0.2) is 4.79 Å². The second-order valence-corrected chi connectivity index (χ2v) is 6.86. The lowest BCUT2D eigenvalue weighted by Crippen LogP contribution is -2.44. The van der Waals surface area contributed by atoms with Gasteiger partial charge < -0.3 is 15.2 Å². The predicted octanol–water partition coefficient (Wildman–Crippen LogP) is 2.16. The highest BCUT2D eigenvalue weighted by atomic mass is 35.5. The maximum atomic E-state index is 11.4. The minimum absolute atomic E-state index is 0.110. The van der Waals surface area contributed by atoms with Gasteiger partial charge in [0.05, 0.1) is 0 Å². The molecule has 2 amide bonds. The lowest BCUT2D eigenvalue weighted by Gasteiger charge is -2.33. The molecule has 144 valence electrons. The molecule has 0 radical (unpaired) electrons. The third-order valence-corrected chi connectivity index (χ3v) is 4.81. The Balaban J connectivity index is 1.68. The van der Waals surface area contributed by atoms with Crippen molar-refractivity contribution in [3.8, 4) is 5.75 Å². The van der Waals surface area contributed by atoms with Gasteiger partial charge in [-0.2, -0.15) is 0 Å². The molecule has 0 atom stereocenters. The average molecular weight is 384 g/mol. The fraction of sp³-hybridized carbons (Fsp3) is 0.556. The number of ether oxygens (including phenoxy) is 1. The van der Waals surface area contributed by atoms with Crippen LogP contribution in [-0.2, 0) is 4.79 Å². The van der Waals surface area contributed by atoms with Crippen molar-refractivity contribution in [2.24, 2.45) is 5.92 Å². The molecule has 0 bridgehead atoms. The van der Waals surface area contributed by atoms with Crippen LogP contribution in [0.1, 0.15) is 12.8 Å². The Labute approximate surface area is 158 Å². The molecule has 0 aromatic heterocycles. The molecule has 1 aliphatic rings. The number of benzene rings is 1. The monoisotopic (exact) mass is 383 g/mol. The third kappa shape index (κ3) is 6.72. The van der Waals surface area contributed by atoms with Crippen LogP contribution < -0.4 is 10.1 Å². The Kier molecular flexibility index (Phi) is 8.00. The van der Waals surface area contributed by atoms with Gasteiger partial charge in [0.15, 0.2) is 0 Å². The van der Waals surface area contributed by atoms with Crippen molar-refractivity contribution in [3.63, 3.8) is 0 Å². The zero-order chi connectivity index (χ0) is 18.9. The minimum atomic E-state index is -1.05. The molecule has 1 fully saturated rings. The fourth-order valence-corrected chi connectivity index (χ4v) is 3.12. The number of halogens is 1.